The predicted molar refractivity (Wildman–Crippen MR) is 77.9 cm³/mol. The number of carbonyl (C=O) groups excluding carboxylic acids is 1. The van der Waals surface area contributed by atoms with Crippen LogP contribution in [0.5, 0.6) is 5.75 Å². The Morgan fingerprint density at radius 2 is 2.20 bits per heavy atom. The van der Waals surface area contributed by atoms with Gasteiger partial charge in [-0.25, -0.2) is 0 Å². The fourth-order valence-electron chi connectivity index (χ4n) is 2.73. The maximum atomic E-state index is 11.4. The van der Waals surface area contributed by atoms with E-state index in [1.165, 1.54) is 7.11 Å². The maximum absolute atomic E-state index is 11.4. The first-order chi connectivity index (χ1) is 9.62. The maximum Gasteiger partial charge on any atom is 0.305 e. The largest absolute Gasteiger partial charge is 0.497 e. The predicted octanol–water partition coefficient (Wildman–Crippen LogP) is 1.41. The van der Waals surface area contributed by atoms with Gasteiger partial charge in [-0.05, 0) is 24.5 Å². The molecular formula is C15H22N2O3. The van der Waals surface area contributed by atoms with Gasteiger partial charge in [0.25, 0.3) is 0 Å². The van der Waals surface area contributed by atoms with Gasteiger partial charge in [-0.1, -0.05) is 6.07 Å². The average molecular weight is 278 g/mol. The number of piperidine rings is 1. The number of hydrogen-bond donors (Lipinski definition) is 1. The number of ether oxygens (including phenoxy) is 2. The molecule has 1 aromatic rings. The summed E-state index contributed by atoms with van der Waals surface area (Å²) in [5.74, 6) is 0.887. The van der Waals surface area contributed by atoms with Crippen LogP contribution in [0.25, 0.3) is 0 Å². The molecule has 2 rings (SSSR count). The highest BCUT2D eigenvalue weighted by Gasteiger charge is 2.27. The lowest BCUT2D eigenvalue weighted by atomic mass is 9.91. The minimum absolute atomic E-state index is 0.0737. The number of rotatable bonds is 4. The molecule has 1 aromatic carbocycles. The number of benzene rings is 1. The zero-order valence-corrected chi connectivity index (χ0v) is 12.0. The Labute approximate surface area is 119 Å². The quantitative estimate of drug-likeness (QED) is 0.844. The lowest BCUT2D eigenvalue weighted by Crippen LogP contribution is -2.47. The highest BCUT2D eigenvalue weighted by Crippen LogP contribution is 2.27. The smallest absolute Gasteiger partial charge is 0.305 e. The average Bonchev–Trinajstić information content (AvgIpc) is 2.46. The number of nitrogens with two attached hydrogens (primary N) is 1. The summed E-state index contributed by atoms with van der Waals surface area (Å²) in [5.41, 5.74) is 7.19. The molecule has 0 radical (unpaired) electrons. The van der Waals surface area contributed by atoms with E-state index in [9.17, 15) is 4.79 Å². The second-order valence-electron chi connectivity index (χ2n) is 5.25. The molecule has 20 heavy (non-hydrogen) atoms. The molecule has 5 heteroatoms. The molecule has 2 atom stereocenters. The van der Waals surface area contributed by atoms with Gasteiger partial charge < -0.3 is 20.1 Å². The number of anilines is 1. The van der Waals surface area contributed by atoms with Crippen LogP contribution >= 0.6 is 0 Å². The molecule has 2 N–H and O–H groups in total. The molecular weight excluding hydrogens is 256 g/mol. The minimum Gasteiger partial charge on any atom is -0.497 e. The molecule has 1 aliphatic heterocycles. The monoisotopic (exact) mass is 278 g/mol. The van der Waals surface area contributed by atoms with E-state index in [2.05, 4.69) is 4.90 Å². The third-order valence-electron chi connectivity index (χ3n) is 3.67. The van der Waals surface area contributed by atoms with Gasteiger partial charge in [-0.15, -0.1) is 0 Å². The van der Waals surface area contributed by atoms with Crippen LogP contribution in [-0.4, -0.2) is 39.3 Å². The van der Waals surface area contributed by atoms with Gasteiger partial charge in [0.2, 0.25) is 0 Å². The van der Waals surface area contributed by atoms with Gasteiger partial charge >= 0.3 is 5.97 Å². The number of esters is 1. The molecule has 0 spiro atoms. The molecule has 0 aromatic heterocycles. The van der Waals surface area contributed by atoms with E-state index in [0.717, 1.165) is 30.9 Å². The number of hydrogen-bond acceptors (Lipinski definition) is 5. The van der Waals surface area contributed by atoms with E-state index >= 15 is 0 Å². The number of methoxy groups -OCH3 is 2. The van der Waals surface area contributed by atoms with Crippen molar-refractivity contribution < 1.29 is 14.3 Å². The van der Waals surface area contributed by atoms with Crippen LogP contribution in [0.3, 0.4) is 0 Å². The van der Waals surface area contributed by atoms with Crippen molar-refractivity contribution in [3.05, 3.63) is 24.3 Å². The summed E-state index contributed by atoms with van der Waals surface area (Å²) in [6.45, 7) is 1.61. The van der Waals surface area contributed by atoms with E-state index in [4.69, 9.17) is 15.2 Å². The van der Waals surface area contributed by atoms with Crippen molar-refractivity contribution in [3.8, 4) is 5.75 Å². The topological polar surface area (TPSA) is 64.8 Å². The van der Waals surface area contributed by atoms with E-state index in [-0.39, 0.29) is 17.9 Å². The van der Waals surface area contributed by atoms with Crippen molar-refractivity contribution in [2.75, 3.05) is 32.2 Å². The molecule has 0 saturated carbocycles. The third-order valence-corrected chi connectivity index (χ3v) is 3.67. The Balaban J connectivity index is 2.08. The zero-order valence-electron chi connectivity index (χ0n) is 12.0. The molecule has 2 unspecified atom stereocenters. The van der Waals surface area contributed by atoms with Crippen molar-refractivity contribution in [1.82, 2.24) is 0 Å². The van der Waals surface area contributed by atoms with Crippen LogP contribution in [0.4, 0.5) is 5.69 Å². The second kappa shape index (κ2) is 6.61. The number of carbonyl (C=O) groups is 1. The van der Waals surface area contributed by atoms with Crippen molar-refractivity contribution in [2.24, 2.45) is 11.7 Å². The standard InChI is InChI=1S/C15H22N2O3/c1-19-14-5-3-4-13(8-14)17-9-11(6-12(16)10-17)7-15(18)20-2/h3-5,8,11-12H,6-7,9-10,16H2,1-2H3. The molecule has 1 aliphatic rings. The molecule has 0 aliphatic carbocycles. The van der Waals surface area contributed by atoms with Crippen LogP contribution in [0.2, 0.25) is 0 Å². The van der Waals surface area contributed by atoms with Crippen LogP contribution in [0.1, 0.15) is 12.8 Å². The summed E-state index contributed by atoms with van der Waals surface area (Å²) in [7, 11) is 3.08. The Morgan fingerprint density at radius 3 is 2.90 bits per heavy atom. The summed E-state index contributed by atoms with van der Waals surface area (Å²) in [6, 6.07) is 7.98. The van der Waals surface area contributed by atoms with E-state index < -0.39 is 0 Å². The Bertz CT molecular complexity index is 464. The molecule has 110 valence electrons. The molecule has 1 fully saturated rings. The first-order valence-electron chi connectivity index (χ1n) is 6.83. The first kappa shape index (κ1) is 14.7. The fourth-order valence-corrected chi connectivity index (χ4v) is 2.73. The highest BCUT2D eigenvalue weighted by atomic mass is 16.5. The minimum atomic E-state index is -0.172. The van der Waals surface area contributed by atoms with Gasteiger partial charge in [0.05, 0.1) is 20.6 Å². The van der Waals surface area contributed by atoms with E-state index in [1.54, 1.807) is 7.11 Å². The van der Waals surface area contributed by atoms with E-state index in [1.807, 2.05) is 24.3 Å². The molecule has 1 heterocycles. The lowest BCUT2D eigenvalue weighted by molar-refractivity contribution is -0.141. The summed E-state index contributed by atoms with van der Waals surface area (Å²) in [6.07, 6.45) is 1.28. The summed E-state index contributed by atoms with van der Waals surface area (Å²) < 4.78 is 10.00. The Morgan fingerprint density at radius 1 is 1.40 bits per heavy atom. The Hall–Kier alpha value is -1.75. The van der Waals surface area contributed by atoms with Gasteiger partial charge in [0.15, 0.2) is 0 Å². The van der Waals surface area contributed by atoms with Gasteiger partial charge in [0, 0.05) is 30.9 Å². The van der Waals surface area contributed by atoms with Gasteiger partial charge in [-0.2, -0.15) is 0 Å². The van der Waals surface area contributed by atoms with Crippen LogP contribution in [-0.2, 0) is 9.53 Å². The molecule has 0 bridgehead atoms. The van der Waals surface area contributed by atoms with Crippen molar-refractivity contribution in [1.29, 1.82) is 0 Å². The Kier molecular flexibility index (Phi) is 4.84. The van der Waals surface area contributed by atoms with Crippen molar-refractivity contribution in [2.45, 2.75) is 18.9 Å². The van der Waals surface area contributed by atoms with Crippen molar-refractivity contribution >= 4 is 11.7 Å². The highest BCUT2D eigenvalue weighted by molar-refractivity contribution is 5.69. The van der Waals surface area contributed by atoms with Gasteiger partial charge in [-0.3, -0.25) is 4.79 Å². The molecule has 0 amide bonds. The summed E-state index contributed by atoms with van der Waals surface area (Å²) in [5, 5.41) is 0. The second-order valence-corrected chi connectivity index (χ2v) is 5.25. The zero-order chi connectivity index (χ0) is 14.5. The molecule has 1 saturated heterocycles. The van der Waals surface area contributed by atoms with Crippen LogP contribution in [0.15, 0.2) is 24.3 Å². The SMILES string of the molecule is COC(=O)CC1CC(N)CN(c2cccc(OC)c2)C1. The molecule has 5 nitrogen and oxygen atoms in total. The van der Waals surface area contributed by atoms with Crippen LogP contribution < -0.4 is 15.4 Å². The first-order valence-corrected chi connectivity index (χ1v) is 6.83. The van der Waals surface area contributed by atoms with Crippen LogP contribution in [0, 0.1) is 5.92 Å². The third kappa shape index (κ3) is 3.63. The number of nitrogens with zero attached hydrogens (tertiary/aromatic N) is 1. The summed E-state index contributed by atoms with van der Waals surface area (Å²) in [4.78, 5) is 13.6. The lowest BCUT2D eigenvalue weighted by Gasteiger charge is -2.37. The van der Waals surface area contributed by atoms with Gasteiger partial charge in [0.1, 0.15) is 5.75 Å². The van der Waals surface area contributed by atoms with E-state index in [0.29, 0.717) is 6.42 Å². The fraction of sp³-hybridized carbons (Fsp3) is 0.533. The summed E-state index contributed by atoms with van der Waals surface area (Å²) >= 11 is 0. The van der Waals surface area contributed by atoms with Crippen molar-refractivity contribution in [3.63, 3.8) is 0 Å². The normalized spacial score (nSPS) is 22.4.